The second-order valence-corrected chi connectivity index (χ2v) is 3.74. The minimum absolute atomic E-state index is 0.951. The minimum atomic E-state index is 0.951. The van der Waals surface area contributed by atoms with E-state index in [2.05, 4.69) is 20.8 Å². The number of hydrogen-bond donors (Lipinski definition) is 0. The van der Waals surface area contributed by atoms with Crippen LogP contribution in [0.5, 0.6) is 0 Å². The van der Waals surface area contributed by atoms with Crippen molar-refractivity contribution >= 4 is 0 Å². The monoisotopic (exact) mass is 138 g/mol. The van der Waals surface area contributed by atoms with Crippen LogP contribution >= 0.6 is 0 Å². The second-order valence-electron chi connectivity index (χ2n) is 3.74. The third-order valence-electron chi connectivity index (χ3n) is 2.75. The van der Waals surface area contributed by atoms with Gasteiger partial charge in [-0.25, -0.2) is 0 Å². The predicted octanol–water partition coefficient (Wildman–Crippen LogP) is 3.53. The first-order chi connectivity index (χ1) is 4.70. The van der Waals surface area contributed by atoms with Crippen molar-refractivity contribution in [3.63, 3.8) is 0 Å². The van der Waals surface area contributed by atoms with Crippen LogP contribution in [0.15, 0.2) is 11.1 Å². The van der Waals surface area contributed by atoms with E-state index in [4.69, 9.17) is 0 Å². The molecule has 0 fully saturated rings. The van der Waals surface area contributed by atoms with Crippen LogP contribution in [0.2, 0.25) is 0 Å². The highest BCUT2D eigenvalue weighted by Crippen LogP contribution is 2.26. The van der Waals surface area contributed by atoms with E-state index in [0.717, 1.165) is 5.92 Å². The summed E-state index contributed by atoms with van der Waals surface area (Å²) in [6.45, 7) is 6.94. The van der Waals surface area contributed by atoms with Crippen molar-refractivity contribution in [1.29, 1.82) is 0 Å². The van der Waals surface area contributed by atoms with Gasteiger partial charge in [0.1, 0.15) is 0 Å². The Balaban J connectivity index is 2.55. The fourth-order valence-corrected chi connectivity index (χ4v) is 1.50. The van der Waals surface area contributed by atoms with Gasteiger partial charge in [-0.1, -0.05) is 18.1 Å². The maximum Gasteiger partial charge on any atom is -0.0318 e. The summed E-state index contributed by atoms with van der Waals surface area (Å²) in [5.74, 6) is 0.951. The molecule has 0 spiro atoms. The number of rotatable bonds is 0. The molecule has 0 atom stereocenters. The van der Waals surface area contributed by atoms with Gasteiger partial charge in [0.2, 0.25) is 0 Å². The lowest BCUT2D eigenvalue weighted by molar-refractivity contribution is 0.508. The van der Waals surface area contributed by atoms with Crippen molar-refractivity contribution < 1.29 is 0 Å². The molecule has 0 aromatic heterocycles. The summed E-state index contributed by atoms with van der Waals surface area (Å²) in [4.78, 5) is 0. The molecule has 58 valence electrons. The first-order valence-corrected chi connectivity index (χ1v) is 4.35. The largest absolute Gasteiger partial charge is 0.0744 e. The average Bonchev–Trinajstić information content (AvgIpc) is 2.04. The van der Waals surface area contributed by atoms with Crippen LogP contribution in [0.3, 0.4) is 0 Å². The molecule has 0 amide bonds. The fraction of sp³-hybridized carbons (Fsp3) is 0.800. The van der Waals surface area contributed by atoms with E-state index < -0.39 is 0 Å². The molecule has 0 saturated heterocycles. The molecule has 0 heterocycles. The average molecular weight is 138 g/mol. The zero-order valence-electron chi connectivity index (χ0n) is 7.41. The van der Waals surface area contributed by atoms with Crippen molar-refractivity contribution in [3.8, 4) is 0 Å². The zero-order valence-corrected chi connectivity index (χ0v) is 7.41. The Hall–Kier alpha value is -0.260. The number of hydrogen-bond acceptors (Lipinski definition) is 0. The summed E-state index contributed by atoms with van der Waals surface area (Å²) in [7, 11) is 0. The fourth-order valence-electron chi connectivity index (χ4n) is 1.50. The topological polar surface area (TPSA) is 0 Å². The van der Waals surface area contributed by atoms with Crippen LogP contribution < -0.4 is 0 Å². The summed E-state index contributed by atoms with van der Waals surface area (Å²) in [5, 5.41) is 0. The molecule has 0 aromatic carbocycles. The van der Waals surface area contributed by atoms with Gasteiger partial charge in [0, 0.05) is 0 Å². The van der Waals surface area contributed by atoms with Gasteiger partial charge in [-0.15, -0.1) is 0 Å². The molecule has 0 aliphatic heterocycles. The predicted molar refractivity (Wildman–Crippen MR) is 46.0 cm³/mol. The summed E-state index contributed by atoms with van der Waals surface area (Å²) in [5.41, 5.74) is 3.29. The molecule has 0 bridgehead atoms. The number of allylic oxidation sites excluding steroid dienone is 2. The molecule has 10 heavy (non-hydrogen) atoms. The Morgan fingerprint density at radius 3 is 1.80 bits per heavy atom. The quantitative estimate of drug-likeness (QED) is 0.449. The highest BCUT2D eigenvalue weighted by atomic mass is 14.1. The Morgan fingerprint density at radius 2 is 1.40 bits per heavy atom. The maximum atomic E-state index is 2.37. The van der Waals surface area contributed by atoms with E-state index in [9.17, 15) is 0 Å². The molecule has 1 aliphatic rings. The van der Waals surface area contributed by atoms with Crippen molar-refractivity contribution in [3.05, 3.63) is 11.1 Å². The van der Waals surface area contributed by atoms with Crippen LogP contribution in [0.1, 0.15) is 46.5 Å². The van der Waals surface area contributed by atoms with E-state index >= 15 is 0 Å². The Labute approximate surface area is 64.3 Å². The molecular formula is C10H18. The second kappa shape index (κ2) is 3.23. The summed E-state index contributed by atoms with van der Waals surface area (Å²) in [6.07, 6.45) is 5.49. The first-order valence-electron chi connectivity index (χ1n) is 4.35. The van der Waals surface area contributed by atoms with Crippen LogP contribution in [0.4, 0.5) is 0 Å². The highest BCUT2D eigenvalue weighted by molar-refractivity contribution is 5.10. The van der Waals surface area contributed by atoms with Gasteiger partial charge in [-0.3, -0.25) is 0 Å². The van der Waals surface area contributed by atoms with Gasteiger partial charge in [0.05, 0.1) is 0 Å². The van der Waals surface area contributed by atoms with E-state index in [1.54, 1.807) is 11.1 Å². The summed E-state index contributed by atoms with van der Waals surface area (Å²) in [6, 6.07) is 0. The molecule has 1 aliphatic carbocycles. The Morgan fingerprint density at radius 1 is 1.00 bits per heavy atom. The smallest absolute Gasteiger partial charge is 0.0318 e. The molecule has 0 unspecified atom stereocenters. The minimum Gasteiger partial charge on any atom is -0.0744 e. The molecular weight excluding hydrogens is 120 g/mol. The molecule has 0 nitrogen and oxygen atoms in total. The molecule has 0 saturated carbocycles. The van der Waals surface area contributed by atoms with Crippen molar-refractivity contribution in [2.45, 2.75) is 46.5 Å². The Bertz CT molecular complexity index is 126. The van der Waals surface area contributed by atoms with E-state index in [0.29, 0.717) is 0 Å². The first kappa shape index (κ1) is 7.84. The molecule has 0 radical (unpaired) electrons. The lowest BCUT2D eigenvalue weighted by Crippen LogP contribution is -1.90. The Kier molecular flexibility index (Phi) is 2.53. The lowest BCUT2D eigenvalue weighted by atomic mass is 10.0. The van der Waals surface area contributed by atoms with Gasteiger partial charge in [0.15, 0.2) is 0 Å². The standard InChI is InChI=1S/C10H18/c1-8-4-6-9(2)10(3)7-5-8/h8H,4-7H2,1-3H3. The van der Waals surface area contributed by atoms with Crippen LogP contribution in [-0.2, 0) is 0 Å². The normalized spacial score (nSPS) is 23.1. The van der Waals surface area contributed by atoms with E-state index in [1.807, 2.05) is 0 Å². The molecule has 0 N–H and O–H groups in total. The van der Waals surface area contributed by atoms with Crippen LogP contribution in [0.25, 0.3) is 0 Å². The highest BCUT2D eigenvalue weighted by Gasteiger charge is 2.09. The SMILES string of the molecule is CC1=C(C)CCC(C)CC1. The van der Waals surface area contributed by atoms with Gasteiger partial charge >= 0.3 is 0 Å². The molecule has 0 heteroatoms. The van der Waals surface area contributed by atoms with E-state index in [1.165, 1.54) is 25.7 Å². The van der Waals surface area contributed by atoms with Crippen molar-refractivity contribution in [2.24, 2.45) is 5.92 Å². The lowest BCUT2D eigenvalue weighted by Gasteiger charge is -2.04. The van der Waals surface area contributed by atoms with Gasteiger partial charge in [-0.2, -0.15) is 0 Å². The third-order valence-corrected chi connectivity index (χ3v) is 2.75. The van der Waals surface area contributed by atoms with Crippen molar-refractivity contribution in [1.82, 2.24) is 0 Å². The third kappa shape index (κ3) is 1.86. The van der Waals surface area contributed by atoms with Gasteiger partial charge in [0.25, 0.3) is 0 Å². The van der Waals surface area contributed by atoms with Gasteiger partial charge < -0.3 is 0 Å². The summed E-state index contributed by atoms with van der Waals surface area (Å²) < 4.78 is 0. The van der Waals surface area contributed by atoms with Crippen LogP contribution in [-0.4, -0.2) is 0 Å². The van der Waals surface area contributed by atoms with Crippen LogP contribution in [0, 0.1) is 5.92 Å². The maximum absolute atomic E-state index is 2.37. The van der Waals surface area contributed by atoms with Crippen molar-refractivity contribution in [2.75, 3.05) is 0 Å². The molecule has 0 aromatic rings. The summed E-state index contributed by atoms with van der Waals surface area (Å²) >= 11 is 0. The molecule has 1 rings (SSSR count). The zero-order chi connectivity index (χ0) is 7.56. The van der Waals surface area contributed by atoms with Gasteiger partial charge in [-0.05, 0) is 45.4 Å². The van der Waals surface area contributed by atoms with E-state index in [-0.39, 0.29) is 0 Å².